The molecule has 0 saturated heterocycles. The number of halogens is 4. The Morgan fingerprint density at radius 3 is 1.36 bits per heavy atom. The Balaban J connectivity index is 0.000000422. The molecule has 6 heteroatoms. The molecule has 0 bridgehead atoms. The standard InChI is InChI=1S/C16H31P.BF4/c1-14(2)13-17(15-9-5-3-6-10-15)16-11-7-4-8-12-16;2-1(3,4)5/h14-16H,3-13H2,1-2H3;/q;-1. The van der Waals surface area contributed by atoms with E-state index in [0.29, 0.717) is 7.92 Å². The molecule has 0 aromatic heterocycles. The molecule has 2 fully saturated rings. The van der Waals surface area contributed by atoms with E-state index < -0.39 is 7.25 Å². The molecule has 0 aromatic rings. The summed E-state index contributed by atoms with van der Waals surface area (Å²) in [6.45, 7) is 4.89. The molecule has 0 unspecified atom stereocenters. The maximum atomic E-state index is 9.75. The SMILES string of the molecule is CC(C)CP(C1CCCCC1)C1CCCCC1.F[B-](F)(F)F. The molecule has 0 aliphatic heterocycles. The Hall–Kier alpha value is 0.215. The zero-order valence-electron chi connectivity index (χ0n) is 14.0. The van der Waals surface area contributed by atoms with Crippen LogP contribution in [-0.2, 0) is 0 Å². The number of hydrogen-bond acceptors (Lipinski definition) is 0. The van der Waals surface area contributed by atoms with Gasteiger partial charge in [-0.25, -0.2) is 0 Å². The van der Waals surface area contributed by atoms with Crippen LogP contribution >= 0.6 is 7.92 Å². The molecule has 0 amide bonds. The fraction of sp³-hybridized carbons (Fsp3) is 1.00. The van der Waals surface area contributed by atoms with Crippen molar-refractivity contribution in [3.05, 3.63) is 0 Å². The van der Waals surface area contributed by atoms with Crippen molar-refractivity contribution in [2.45, 2.75) is 89.4 Å². The summed E-state index contributed by atoms with van der Waals surface area (Å²) in [6.07, 6.45) is 17.1. The predicted octanol–water partition coefficient (Wildman–Crippen LogP) is 7.09. The first-order valence-electron chi connectivity index (χ1n) is 8.90. The lowest BCUT2D eigenvalue weighted by Gasteiger charge is -2.39. The van der Waals surface area contributed by atoms with Gasteiger partial charge in [0, 0.05) is 0 Å². The highest BCUT2D eigenvalue weighted by atomic mass is 31.1. The van der Waals surface area contributed by atoms with Gasteiger partial charge in [0.25, 0.3) is 0 Å². The van der Waals surface area contributed by atoms with E-state index in [1.165, 1.54) is 38.5 Å². The summed E-state index contributed by atoms with van der Waals surface area (Å²) >= 11 is 0. The summed E-state index contributed by atoms with van der Waals surface area (Å²) in [4.78, 5) is 0. The molecule has 0 nitrogen and oxygen atoms in total. The van der Waals surface area contributed by atoms with Crippen LogP contribution in [0.5, 0.6) is 0 Å². The van der Waals surface area contributed by atoms with Crippen LogP contribution in [0.1, 0.15) is 78.1 Å². The third kappa shape index (κ3) is 9.38. The third-order valence-electron chi connectivity index (χ3n) is 4.66. The lowest BCUT2D eigenvalue weighted by atomic mass is 9.99. The number of rotatable bonds is 4. The van der Waals surface area contributed by atoms with Crippen LogP contribution in [0.2, 0.25) is 0 Å². The summed E-state index contributed by atoms with van der Waals surface area (Å²) in [7, 11) is -5.64. The van der Waals surface area contributed by atoms with E-state index in [9.17, 15) is 17.3 Å². The monoisotopic (exact) mass is 341 g/mol. The van der Waals surface area contributed by atoms with Crippen molar-refractivity contribution in [3.8, 4) is 0 Å². The van der Waals surface area contributed by atoms with Crippen molar-refractivity contribution in [1.82, 2.24) is 0 Å². The molecule has 0 atom stereocenters. The van der Waals surface area contributed by atoms with Crippen LogP contribution in [0.3, 0.4) is 0 Å². The van der Waals surface area contributed by atoms with Crippen molar-refractivity contribution in [2.75, 3.05) is 6.16 Å². The normalized spacial score (nSPS) is 21.8. The van der Waals surface area contributed by atoms with Crippen LogP contribution in [0, 0.1) is 5.92 Å². The topological polar surface area (TPSA) is 0 Å². The average molecular weight is 341 g/mol. The quantitative estimate of drug-likeness (QED) is 0.291. The van der Waals surface area contributed by atoms with Gasteiger partial charge in [-0.2, -0.15) is 0 Å². The van der Waals surface area contributed by atoms with E-state index in [1.807, 2.05) is 0 Å². The van der Waals surface area contributed by atoms with Gasteiger partial charge in [-0.1, -0.05) is 52.4 Å². The molecule has 2 aliphatic carbocycles. The van der Waals surface area contributed by atoms with Gasteiger partial charge in [0.05, 0.1) is 0 Å². The molecule has 0 heterocycles. The Bertz CT molecular complexity index is 260. The fourth-order valence-corrected chi connectivity index (χ4v) is 7.94. The second-order valence-corrected chi connectivity index (χ2v) is 10.0. The predicted molar refractivity (Wildman–Crippen MR) is 90.6 cm³/mol. The summed E-state index contributed by atoms with van der Waals surface area (Å²) < 4.78 is 39.0. The van der Waals surface area contributed by atoms with Crippen molar-refractivity contribution in [1.29, 1.82) is 0 Å². The van der Waals surface area contributed by atoms with Gasteiger partial charge in [0.15, 0.2) is 0 Å². The van der Waals surface area contributed by atoms with Gasteiger partial charge < -0.3 is 17.3 Å². The highest BCUT2D eigenvalue weighted by molar-refractivity contribution is 7.59. The van der Waals surface area contributed by atoms with Gasteiger partial charge in [-0.3, -0.25) is 0 Å². The maximum Gasteiger partial charge on any atom is 0.673 e. The first-order chi connectivity index (χ1) is 10.3. The molecule has 0 spiro atoms. The van der Waals surface area contributed by atoms with Crippen LogP contribution in [0.15, 0.2) is 0 Å². The first-order valence-corrected chi connectivity index (χ1v) is 10.6. The van der Waals surface area contributed by atoms with Gasteiger partial charge in [-0.15, -0.1) is 7.92 Å². The molecular weight excluding hydrogens is 310 g/mol. The summed E-state index contributed by atoms with van der Waals surface area (Å²) in [5.74, 6) is 0.935. The van der Waals surface area contributed by atoms with E-state index in [4.69, 9.17) is 0 Å². The fourth-order valence-electron chi connectivity index (χ4n) is 3.84. The van der Waals surface area contributed by atoms with Gasteiger partial charge in [-0.05, 0) is 49.1 Å². The van der Waals surface area contributed by atoms with Crippen molar-refractivity contribution in [2.24, 2.45) is 5.92 Å². The molecule has 0 N–H and O–H groups in total. The van der Waals surface area contributed by atoms with Gasteiger partial charge in [0.1, 0.15) is 0 Å². The first kappa shape index (κ1) is 20.3. The van der Waals surface area contributed by atoms with Crippen LogP contribution in [-0.4, -0.2) is 24.7 Å². The molecular formula is C16H31BF4P-. The smallest absolute Gasteiger partial charge is 0.418 e. The highest BCUT2D eigenvalue weighted by Gasteiger charge is 2.31. The molecule has 0 aromatic carbocycles. The maximum absolute atomic E-state index is 9.75. The largest absolute Gasteiger partial charge is 0.673 e. The molecule has 0 radical (unpaired) electrons. The van der Waals surface area contributed by atoms with E-state index in [0.717, 1.165) is 17.2 Å². The highest BCUT2D eigenvalue weighted by Crippen LogP contribution is 2.56. The van der Waals surface area contributed by atoms with E-state index in [1.54, 1.807) is 31.8 Å². The van der Waals surface area contributed by atoms with Crippen molar-refractivity contribution >= 4 is 15.2 Å². The Morgan fingerprint density at radius 1 is 0.773 bits per heavy atom. The van der Waals surface area contributed by atoms with Crippen molar-refractivity contribution < 1.29 is 17.3 Å². The van der Waals surface area contributed by atoms with E-state index in [-0.39, 0.29) is 0 Å². The summed E-state index contributed by atoms with van der Waals surface area (Å²) in [5.41, 5.74) is 2.31. The number of hydrogen-bond donors (Lipinski definition) is 0. The van der Waals surface area contributed by atoms with Crippen LogP contribution in [0.25, 0.3) is 0 Å². The Morgan fingerprint density at radius 2 is 1.09 bits per heavy atom. The minimum Gasteiger partial charge on any atom is -0.418 e. The van der Waals surface area contributed by atoms with E-state index in [2.05, 4.69) is 13.8 Å². The molecule has 2 saturated carbocycles. The Kier molecular flexibility index (Phi) is 9.35. The zero-order valence-corrected chi connectivity index (χ0v) is 14.9. The van der Waals surface area contributed by atoms with Crippen LogP contribution in [0.4, 0.5) is 17.3 Å². The van der Waals surface area contributed by atoms with Crippen molar-refractivity contribution in [3.63, 3.8) is 0 Å². The van der Waals surface area contributed by atoms with Gasteiger partial charge >= 0.3 is 7.25 Å². The molecule has 2 aliphatic rings. The van der Waals surface area contributed by atoms with Gasteiger partial charge in [0.2, 0.25) is 0 Å². The summed E-state index contributed by atoms with van der Waals surface area (Å²) in [6, 6.07) is 0. The van der Waals surface area contributed by atoms with E-state index >= 15 is 0 Å². The molecule has 2 rings (SSSR count). The lowest BCUT2D eigenvalue weighted by Crippen LogP contribution is -2.23. The Labute approximate surface area is 134 Å². The minimum absolute atomic E-state index is 0.364. The zero-order chi connectivity index (χ0) is 16.6. The average Bonchev–Trinajstić information content (AvgIpc) is 2.45. The second-order valence-electron chi connectivity index (χ2n) is 7.17. The third-order valence-corrected chi connectivity index (χ3v) is 8.72. The lowest BCUT2D eigenvalue weighted by molar-refractivity contribution is 0.368. The minimum atomic E-state index is -6.00. The summed E-state index contributed by atoms with van der Waals surface area (Å²) in [5, 5.41) is 0. The molecule has 22 heavy (non-hydrogen) atoms. The molecule has 132 valence electrons. The van der Waals surface area contributed by atoms with Crippen LogP contribution < -0.4 is 0 Å². The second kappa shape index (κ2) is 10.2.